The summed E-state index contributed by atoms with van der Waals surface area (Å²) in [6.07, 6.45) is -4.71. The van der Waals surface area contributed by atoms with Crippen LogP contribution in [-0.2, 0) is 6.18 Å². The van der Waals surface area contributed by atoms with Crippen molar-refractivity contribution in [2.75, 3.05) is 6.54 Å². The minimum atomic E-state index is -4.71. The van der Waals surface area contributed by atoms with Gasteiger partial charge in [0.15, 0.2) is 17.0 Å². The molecule has 0 atom stereocenters. The molecule has 148 valence electrons. The van der Waals surface area contributed by atoms with Gasteiger partial charge in [-0.2, -0.15) is 18.3 Å². The van der Waals surface area contributed by atoms with Crippen LogP contribution < -0.4 is 5.32 Å². The predicted molar refractivity (Wildman–Crippen MR) is 100 cm³/mol. The molecule has 0 aliphatic rings. The summed E-state index contributed by atoms with van der Waals surface area (Å²) >= 11 is 6.20. The number of nitrogens with zero attached hydrogens (tertiary/aromatic N) is 3. The molecule has 0 aliphatic heterocycles. The van der Waals surface area contributed by atoms with Crippen LogP contribution in [0.2, 0.25) is 5.02 Å². The molecule has 1 amide bonds. The molecule has 0 radical (unpaired) electrons. The van der Waals surface area contributed by atoms with E-state index >= 15 is 0 Å². The van der Waals surface area contributed by atoms with Crippen LogP contribution in [0.5, 0.6) is 0 Å². The number of nitrogens with one attached hydrogen (secondary N) is 1. The number of hydrogen-bond acceptors (Lipinski definition) is 3. The number of fused-ring (bicyclic) bond motifs is 1. The van der Waals surface area contributed by atoms with Crippen LogP contribution >= 0.6 is 11.6 Å². The van der Waals surface area contributed by atoms with Gasteiger partial charge in [-0.25, -0.2) is 9.50 Å². The number of benzene rings is 1. The summed E-state index contributed by atoms with van der Waals surface area (Å²) in [5.74, 6) is -0.481. The number of hydrogen-bond donors (Lipinski definition) is 1. The summed E-state index contributed by atoms with van der Waals surface area (Å²) in [5.41, 5.74) is -0.00849. The molecule has 0 saturated carbocycles. The minimum Gasteiger partial charge on any atom is -0.350 e. The molecule has 3 rings (SSSR count). The second-order valence-electron chi connectivity index (χ2n) is 6.89. The summed E-state index contributed by atoms with van der Waals surface area (Å²) in [4.78, 5) is 16.5. The lowest BCUT2D eigenvalue weighted by Gasteiger charge is -2.11. The van der Waals surface area contributed by atoms with Crippen LogP contribution in [0.25, 0.3) is 16.9 Å². The zero-order chi connectivity index (χ0) is 20.6. The largest absolute Gasteiger partial charge is 0.433 e. The molecule has 0 saturated heterocycles. The highest BCUT2D eigenvalue weighted by Gasteiger charge is 2.36. The average molecular weight is 411 g/mol. The Morgan fingerprint density at radius 1 is 1.25 bits per heavy atom. The van der Waals surface area contributed by atoms with Crippen molar-refractivity contribution in [3.8, 4) is 11.3 Å². The van der Waals surface area contributed by atoms with E-state index in [2.05, 4.69) is 15.4 Å². The molecule has 2 aromatic heterocycles. The van der Waals surface area contributed by atoms with Gasteiger partial charge in [-0.1, -0.05) is 55.3 Å². The average Bonchev–Trinajstić information content (AvgIpc) is 2.95. The van der Waals surface area contributed by atoms with Gasteiger partial charge < -0.3 is 5.32 Å². The first kappa shape index (κ1) is 20.1. The van der Waals surface area contributed by atoms with Crippen LogP contribution in [-0.4, -0.2) is 27.0 Å². The van der Waals surface area contributed by atoms with Crippen LogP contribution in [0.4, 0.5) is 13.2 Å². The van der Waals surface area contributed by atoms with E-state index in [0.29, 0.717) is 16.6 Å². The van der Waals surface area contributed by atoms with Crippen molar-refractivity contribution >= 4 is 23.2 Å². The van der Waals surface area contributed by atoms with E-state index < -0.39 is 17.8 Å². The van der Waals surface area contributed by atoms with Crippen molar-refractivity contribution in [1.29, 1.82) is 0 Å². The molecule has 0 fully saturated rings. The lowest BCUT2D eigenvalue weighted by molar-refractivity contribution is -0.142. The van der Waals surface area contributed by atoms with E-state index in [9.17, 15) is 18.0 Å². The van der Waals surface area contributed by atoms with Crippen molar-refractivity contribution in [2.24, 2.45) is 5.92 Å². The molecule has 0 bridgehead atoms. The second-order valence-corrected chi connectivity index (χ2v) is 7.27. The molecule has 0 spiro atoms. The lowest BCUT2D eigenvalue weighted by Crippen LogP contribution is -2.28. The molecule has 5 nitrogen and oxygen atoms in total. The van der Waals surface area contributed by atoms with Crippen molar-refractivity contribution in [3.63, 3.8) is 0 Å². The van der Waals surface area contributed by atoms with Gasteiger partial charge in [0.1, 0.15) is 5.02 Å². The van der Waals surface area contributed by atoms with Gasteiger partial charge in [0, 0.05) is 12.1 Å². The number of carbonyl (C=O) groups is 1. The lowest BCUT2D eigenvalue weighted by atomic mass is 10.1. The third-order valence-electron chi connectivity index (χ3n) is 4.06. The maximum absolute atomic E-state index is 13.6. The fourth-order valence-electron chi connectivity index (χ4n) is 2.59. The molecule has 0 unspecified atom stereocenters. The van der Waals surface area contributed by atoms with Gasteiger partial charge in [-0.15, -0.1) is 0 Å². The molecule has 0 aliphatic carbocycles. The number of alkyl halides is 3. The molecular formula is C19H18ClF3N4O. The topological polar surface area (TPSA) is 59.3 Å². The molecule has 3 aromatic rings. The van der Waals surface area contributed by atoms with Crippen molar-refractivity contribution < 1.29 is 18.0 Å². The van der Waals surface area contributed by atoms with Crippen LogP contribution in [0, 0.1) is 12.8 Å². The summed E-state index contributed by atoms with van der Waals surface area (Å²) in [6, 6.07) is 7.80. The van der Waals surface area contributed by atoms with E-state index in [1.54, 1.807) is 24.3 Å². The zero-order valence-electron chi connectivity index (χ0n) is 15.4. The van der Waals surface area contributed by atoms with Crippen molar-refractivity contribution in [3.05, 3.63) is 52.3 Å². The summed E-state index contributed by atoms with van der Waals surface area (Å²) in [7, 11) is 0. The van der Waals surface area contributed by atoms with E-state index in [4.69, 9.17) is 11.6 Å². The number of rotatable bonds is 4. The van der Waals surface area contributed by atoms with Crippen LogP contribution in [0.1, 0.15) is 35.6 Å². The van der Waals surface area contributed by atoms with E-state index in [1.807, 2.05) is 20.8 Å². The van der Waals surface area contributed by atoms with Crippen molar-refractivity contribution in [1.82, 2.24) is 19.9 Å². The summed E-state index contributed by atoms with van der Waals surface area (Å²) in [6.45, 7) is 6.00. The van der Waals surface area contributed by atoms with E-state index in [1.165, 1.54) is 0 Å². The molecule has 9 heteroatoms. The normalized spacial score (nSPS) is 12.0. The Labute approximate surface area is 164 Å². The third kappa shape index (κ3) is 3.96. The Kier molecular flexibility index (Phi) is 5.34. The van der Waals surface area contributed by atoms with Crippen LogP contribution in [0.15, 0.2) is 30.3 Å². The third-order valence-corrected chi connectivity index (χ3v) is 4.40. The maximum atomic E-state index is 13.6. The highest BCUT2D eigenvalue weighted by molar-refractivity contribution is 6.36. The predicted octanol–water partition coefficient (Wildman–Crippen LogP) is 4.76. The zero-order valence-corrected chi connectivity index (χ0v) is 16.2. The Morgan fingerprint density at radius 2 is 1.89 bits per heavy atom. The van der Waals surface area contributed by atoms with Gasteiger partial charge in [-0.05, 0) is 18.9 Å². The Morgan fingerprint density at radius 3 is 2.46 bits per heavy atom. The van der Waals surface area contributed by atoms with Crippen molar-refractivity contribution in [2.45, 2.75) is 26.9 Å². The number of aromatic nitrogens is 3. The first-order chi connectivity index (χ1) is 13.1. The number of carbonyl (C=O) groups excluding carboxylic acids is 1. The molecule has 2 heterocycles. The highest BCUT2D eigenvalue weighted by Crippen LogP contribution is 2.34. The summed E-state index contributed by atoms with van der Waals surface area (Å²) in [5, 5.41) is 6.18. The number of aryl methyl sites for hydroxylation is 1. The SMILES string of the molecule is Cc1ccc(-c2cc(C(F)(F)F)n3nc(C(=O)NCC(C)C)c(Cl)c3n2)cc1. The summed E-state index contributed by atoms with van der Waals surface area (Å²) < 4.78 is 41.5. The van der Waals surface area contributed by atoms with Crippen LogP contribution in [0.3, 0.4) is 0 Å². The van der Waals surface area contributed by atoms with E-state index in [-0.39, 0.29) is 28.0 Å². The molecule has 1 aromatic carbocycles. The molecule has 1 N–H and O–H groups in total. The number of halogens is 4. The highest BCUT2D eigenvalue weighted by atomic mass is 35.5. The Hall–Kier alpha value is -2.61. The minimum absolute atomic E-state index is 0.0933. The first-order valence-electron chi connectivity index (χ1n) is 8.59. The number of amides is 1. The fraction of sp³-hybridized carbons (Fsp3) is 0.316. The van der Waals surface area contributed by atoms with E-state index in [0.717, 1.165) is 11.6 Å². The van der Waals surface area contributed by atoms with Gasteiger partial charge in [0.05, 0.1) is 5.69 Å². The second kappa shape index (κ2) is 7.43. The van der Waals surface area contributed by atoms with Gasteiger partial charge in [0.2, 0.25) is 0 Å². The smallest absolute Gasteiger partial charge is 0.350 e. The van der Waals surface area contributed by atoms with Gasteiger partial charge in [-0.3, -0.25) is 4.79 Å². The quantitative estimate of drug-likeness (QED) is 0.674. The molecular weight excluding hydrogens is 393 g/mol. The standard InChI is InChI=1S/C19H18ClF3N4O/c1-10(2)9-24-18(28)16-15(20)17-25-13(12-6-4-11(3)5-7-12)8-14(19(21,22)23)27(17)26-16/h4-8,10H,9H2,1-3H3,(H,24,28). The fourth-order valence-corrected chi connectivity index (χ4v) is 2.84. The Bertz CT molecular complexity index is 1030. The molecule has 28 heavy (non-hydrogen) atoms. The van der Waals surface area contributed by atoms with Gasteiger partial charge >= 0.3 is 6.18 Å². The Balaban J connectivity index is 2.18. The monoisotopic (exact) mass is 410 g/mol. The maximum Gasteiger partial charge on any atom is 0.433 e. The first-order valence-corrected chi connectivity index (χ1v) is 8.97. The van der Waals surface area contributed by atoms with Gasteiger partial charge in [0.25, 0.3) is 5.91 Å².